The second-order valence-electron chi connectivity index (χ2n) is 3.31. The third-order valence-corrected chi connectivity index (χ3v) is 3.13. The van der Waals surface area contributed by atoms with Gasteiger partial charge in [0.05, 0.1) is 20.8 Å². The number of alkyl halides is 3. The van der Waals surface area contributed by atoms with Gasteiger partial charge in [-0.1, -0.05) is 12.1 Å². The Balaban J connectivity index is 2.96. The number of halogens is 3. The number of ether oxygens (including phenoxy) is 2. The van der Waals surface area contributed by atoms with Crippen LogP contribution in [-0.2, 0) is 20.9 Å². The van der Waals surface area contributed by atoms with Crippen molar-refractivity contribution in [3.63, 3.8) is 0 Å². The number of benzene rings is 1. The number of rotatable bonds is 5. The van der Waals surface area contributed by atoms with Crippen molar-refractivity contribution in [2.45, 2.75) is 12.1 Å². The molecule has 1 rings (SSSR count). The highest BCUT2D eigenvalue weighted by molar-refractivity contribution is 7.87. The molecule has 0 aliphatic heterocycles. The van der Waals surface area contributed by atoms with Crippen LogP contribution >= 0.6 is 0 Å². The Labute approximate surface area is 108 Å². The maximum Gasteiger partial charge on any atom is 0.523 e. The molecule has 1 aromatic rings. The van der Waals surface area contributed by atoms with Gasteiger partial charge in [-0.15, -0.1) is 0 Å². The Kier molecular flexibility index (Phi) is 4.64. The summed E-state index contributed by atoms with van der Waals surface area (Å²) in [6, 6.07) is 4.36. The summed E-state index contributed by atoms with van der Waals surface area (Å²) in [5, 5.41) is 0. The highest BCUT2D eigenvalue weighted by Crippen LogP contribution is 2.32. The van der Waals surface area contributed by atoms with Crippen LogP contribution in [0.3, 0.4) is 0 Å². The summed E-state index contributed by atoms with van der Waals surface area (Å²) in [5.74, 6) is 0.371. The summed E-state index contributed by atoms with van der Waals surface area (Å²) < 4.78 is 71.6. The van der Waals surface area contributed by atoms with Crippen molar-refractivity contribution in [1.82, 2.24) is 0 Å². The van der Waals surface area contributed by atoms with E-state index in [1.165, 1.54) is 32.4 Å². The molecule has 0 spiro atoms. The molecule has 108 valence electrons. The van der Waals surface area contributed by atoms with Crippen LogP contribution in [0.15, 0.2) is 18.2 Å². The topological polar surface area (TPSA) is 61.8 Å². The highest BCUT2D eigenvalue weighted by atomic mass is 32.2. The van der Waals surface area contributed by atoms with Crippen LogP contribution in [-0.4, -0.2) is 28.1 Å². The van der Waals surface area contributed by atoms with E-state index in [2.05, 4.69) is 4.18 Å². The monoisotopic (exact) mass is 300 g/mol. The number of hydrogen-bond acceptors (Lipinski definition) is 5. The van der Waals surface area contributed by atoms with Gasteiger partial charge in [0.25, 0.3) is 0 Å². The van der Waals surface area contributed by atoms with Gasteiger partial charge in [0, 0.05) is 5.56 Å². The van der Waals surface area contributed by atoms with E-state index in [1.54, 1.807) is 0 Å². The summed E-state index contributed by atoms with van der Waals surface area (Å²) in [4.78, 5) is 0. The molecule has 0 saturated heterocycles. The van der Waals surface area contributed by atoms with Gasteiger partial charge in [-0.3, -0.25) is 4.18 Å². The van der Waals surface area contributed by atoms with E-state index in [0.29, 0.717) is 0 Å². The normalized spacial score (nSPS) is 12.3. The summed E-state index contributed by atoms with van der Waals surface area (Å²) in [7, 11) is -3.02. The lowest BCUT2D eigenvalue weighted by atomic mass is 10.2. The fourth-order valence-corrected chi connectivity index (χ4v) is 1.69. The molecule has 0 atom stereocenters. The molecule has 1 aromatic carbocycles. The summed E-state index contributed by atoms with van der Waals surface area (Å²) in [6.07, 6.45) is 0. The number of methoxy groups -OCH3 is 2. The highest BCUT2D eigenvalue weighted by Gasteiger charge is 2.47. The van der Waals surface area contributed by atoms with Gasteiger partial charge in [0.2, 0.25) is 0 Å². The van der Waals surface area contributed by atoms with Gasteiger partial charge in [0.1, 0.15) is 0 Å². The first-order valence-corrected chi connectivity index (χ1v) is 6.29. The van der Waals surface area contributed by atoms with Crippen molar-refractivity contribution in [3.05, 3.63) is 23.8 Å². The van der Waals surface area contributed by atoms with Gasteiger partial charge in [0.15, 0.2) is 11.5 Å². The Morgan fingerprint density at radius 1 is 1.16 bits per heavy atom. The zero-order valence-corrected chi connectivity index (χ0v) is 10.8. The molecule has 0 bridgehead atoms. The molecule has 0 fully saturated rings. The van der Waals surface area contributed by atoms with E-state index >= 15 is 0 Å². The van der Waals surface area contributed by atoms with Crippen molar-refractivity contribution in [2.24, 2.45) is 0 Å². The maximum absolute atomic E-state index is 12.1. The number of hydrogen-bond donors (Lipinski definition) is 0. The summed E-state index contributed by atoms with van der Waals surface area (Å²) >= 11 is 0. The molecule has 0 unspecified atom stereocenters. The Morgan fingerprint density at radius 3 is 2.26 bits per heavy atom. The predicted molar refractivity (Wildman–Crippen MR) is 59.3 cm³/mol. The van der Waals surface area contributed by atoms with E-state index in [4.69, 9.17) is 9.47 Å². The van der Waals surface area contributed by atoms with Crippen molar-refractivity contribution in [1.29, 1.82) is 0 Å². The van der Waals surface area contributed by atoms with E-state index in [9.17, 15) is 21.6 Å². The molecule has 5 nitrogen and oxygen atoms in total. The van der Waals surface area contributed by atoms with E-state index in [1.807, 2.05) is 0 Å². The van der Waals surface area contributed by atoms with Crippen molar-refractivity contribution >= 4 is 10.1 Å². The molecule has 0 aliphatic rings. The molecule has 0 radical (unpaired) electrons. The van der Waals surface area contributed by atoms with Gasteiger partial charge in [-0.05, 0) is 6.07 Å². The Hall–Kier alpha value is -1.48. The fourth-order valence-electron chi connectivity index (χ4n) is 1.28. The minimum atomic E-state index is -5.64. The minimum absolute atomic E-state index is 0.113. The van der Waals surface area contributed by atoms with Crippen LogP contribution < -0.4 is 9.47 Å². The first-order chi connectivity index (χ1) is 8.73. The van der Waals surface area contributed by atoms with E-state index in [0.717, 1.165) is 0 Å². The molecule has 0 saturated carbocycles. The zero-order valence-electron chi connectivity index (χ0n) is 10.0. The van der Waals surface area contributed by atoms with Gasteiger partial charge >= 0.3 is 15.6 Å². The molecule has 19 heavy (non-hydrogen) atoms. The lowest BCUT2D eigenvalue weighted by molar-refractivity contribution is -0.0548. The first-order valence-electron chi connectivity index (χ1n) is 4.88. The standard InChI is InChI=1S/C10H11F3O5S/c1-16-8-5-3-4-7(9(8)17-2)6-18-19(14,15)10(11,12)13/h3-5H,6H2,1-2H3. The largest absolute Gasteiger partial charge is 0.523 e. The second-order valence-corrected chi connectivity index (χ2v) is 4.92. The molecule has 9 heteroatoms. The predicted octanol–water partition coefficient (Wildman–Crippen LogP) is 2.07. The van der Waals surface area contributed by atoms with Crippen LogP contribution in [0.1, 0.15) is 5.56 Å². The minimum Gasteiger partial charge on any atom is -0.493 e. The van der Waals surface area contributed by atoms with Crippen LogP contribution in [0, 0.1) is 0 Å². The van der Waals surface area contributed by atoms with E-state index < -0.39 is 22.2 Å². The quantitative estimate of drug-likeness (QED) is 0.615. The Morgan fingerprint density at radius 2 is 1.79 bits per heavy atom. The van der Waals surface area contributed by atoms with Gasteiger partial charge in [-0.2, -0.15) is 21.6 Å². The molecule has 0 aromatic heterocycles. The molecule has 0 heterocycles. The Bertz CT molecular complexity index is 539. The average Bonchev–Trinajstić information content (AvgIpc) is 2.34. The van der Waals surface area contributed by atoms with Gasteiger partial charge in [-0.25, -0.2) is 0 Å². The third kappa shape index (κ3) is 3.51. The summed E-state index contributed by atoms with van der Waals surface area (Å²) in [5.41, 5.74) is -5.34. The lowest BCUT2D eigenvalue weighted by Crippen LogP contribution is -2.25. The van der Waals surface area contributed by atoms with Crippen molar-refractivity contribution in [2.75, 3.05) is 14.2 Å². The summed E-state index contributed by atoms with van der Waals surface area (Å²) in [6.45, 7) is -0.803. The molecular weight excluding hydrogens is 289 g/mol. The maximum atomic E-state index is 12.1. The number of para-hydroxylation sites is 1. The average molecular weight is 300 g/mol. The van der Waals surface area contributed by atoms with Crippen molar-refractivity contribution < 1.29 is 35.2 Å². The fraction of sp³-hybridized carbons (Fsp3) is 0.400. The van der Waals surface area contributed by atoms with Crippen molar-refractivity contribution in [3.8, 4) is 11.5 Å². The van der Waals surface area contributed by atoms with Crippen LogP contribution in [0.4, 0.5) is 13.2 Å². The molecule has 0 N–H and O–H groups in total. The molecular formula is C10H11F3O5S. The van der Waals surface area contributed by atoms with E-state index in [-0.39, 0.29) is 17.1 Å². The zero-order chi connectivity index (χ0) is 14.7. The lowest BCUT2D eigenvalue weighted by Gasteiger charge is -2.13. The SMILES string of the molecule is COc1cccc(COS(=O)(=O)C(F)(F)F)c1OC. The van der Waals surface area contributed by atoms with Crippen LogP contribution in [0.2, 0.25) is 0 Å². The smallest absolute Gasteiger partial charge is 0.493 e. The molecule has 0 amide bonds. The molecule has 0 aliphatic carbocycles. The van der Waals surface area contributed by atoms with Crippen LogP contribution in [0.5, 0.6) is 11.5 Å². The van der Waals surface area contributed by atoms with Crippen LogP contribution in [0.25, 0.3) is 0 Å². The van der Waals surface area contributed by atoms with Gasteiger partial charge < -0.3 is 9.47 Å². The second kappa shape index (κ2) is 5.66. The third-order valence-electron chi connectivity index (χ3n) is 2.14. The first kappa shape index (κ1) is 15.6.